The Balaban J connectivity index is 2.46. The molecule has 2 N–H and O–H groups in total. The number of hydrogen-bond acceptors (Lipinski definition) is 4. The molecular formula is C12H18ClNO3S. The van der Waals surface area contributed by atoms with E-state index in [1.807, 2.05) is 0 Å². The first kappa shape index (κ1) is 15.4. The summed E-state index contributed by atoms with van der Waals surface area (Å²) in [4.78, 5) is 0. The van der Waals surface area contributed by atoms with Crippen molar-refractivity contribution in [2.24, 2.45) is 0 Å². The normalized spacial score (nSPS) is 15.3. The molecule has 0 aliphatic heterocycles. The molecule has 1 rings (SSSR count). The fourth-order valence-corrected chi connectivity index (χ4v) is 2.78. The second-order valence-corrected chi connectivity index (χ2v) is 7.09. The second kappa shape index (κ2) is 6.52. The van der Waals surface area contributed by atoms with Crippen molar-refractivity contribution in [3.05, 3.63) is 34.9 Å². The van der Waals surface area contributed by atoms with Gasteiger partial charge >= 0.3 is 0 Å². The van der Waals surface area contributed by atoms with Gasteiger partial charge in [-0.1, -0.05) is 23.7 Å². The molecule has 0 heterocycles. The largest absolute Gasteiger partial charge is 0.387 e. The van der Waals surface area contributed by atoms with Crippen LogP contribution >= 0.6 is 11.6 Å². The lowest BCUT2D eigenvalue weighted by Gasteiger charge is -2.16. The Morgan fingerprint density at radius 2 is 1.89 bits per heavy atom. The molecule has 1 aromatic rings. The number of aliphatic hydroxyl groups excluding tert-OH is 1. The third-order valence-electron chi connectivity index (χ3n) is 2.47. The number of hydrogen-bond donors (Lipinski definition) is 2. The molecule has 0 aliphatic carbocycles. The van der Waals surface area contributed by atoms with E-state index in [2.05, 4.69) is 5.32 Å². The number of aliphatic hydroxyl groups is 1. The van der Waals surface area contributed by atoms with Gasteiger partial charge in [0.15, 0.2) is 0 Å². The van der Waals surface area contributed by atoms with Crippen molar-refractivity contribution < 1.29 is 13.5 Å². The van der Waals surface area contributed by atoms with Crippen molar-refractivity contribution in [2.75, 3.05) is 18.6 Å². The number of sulfone groups is 1. The van der Waals surface area contributed by atoms with Gasteiger partial charge in [0.05, 0.1) is 11.9 Å². The molecule has 4 nitrogen and oxygen atoms in total. The SMILES string of the molecule is CC(CS(C)(=O)=O)NCC(O)c1ccc(Cl)cc1. The molecule has 0 radical (unpaired) electrons. The molecule has 6 heteroatoms. The standard InChI is InChI=1S/C12H18ClNO3S/c1-9(8-18(2,16)17)14-7-12(15)10-3-5-11(13)6-4-10/h3-6,9,12,14-15H,7-8H2,1-2H3. The predicted octanol–water partition coefficient (Wildman–Crippen LogP) is 1.40. The Morgan fingerprint density at radius 3 is 2.39 bits per heavy atom. The predicted molar refractivity (Wildman–Crippen MR) is 73.6 cm³/mol. The minimum atomic E-state index is -3.00. The molecule has 102 valence electrons. The molecule has 0 saturated heterocycles. The molecule has 0 amide bonds. The van der Waals surface area contributed by atoms with Crippen molar-refractivity contribution in [1.82, 2.24) is 5.32 Å². The highest BCUT2D eigenvalue weighted by atomic mass is 35.5. The van der Waals surface area contributed by atoms with Crippen LogP contribution in [0.15, 0.2) is 24.3 Å². The zero-order valence-electron chi connectivity index (χ0n) is 10.4. The van der Waals surface area contributed by atoms with E-state index in [1.165, 1.54) is 6.26 Å². The zero-order valence-corrected chi connectivity index (χ0v) is 12.0. The van der Waals surface area contributed by atoms with Crippen molar-refractivity contribution in [3.8, 4) is 0 Å². The first-order valence-corrected chi connectivity index (χ1v) is 8.06. The quantitative estimate of drug-likeness (QED) is 0.831. The van der Waals surface area contributed by atoms with Crippen molar-refractivity contribution in [2.45, 2.75) is 19.1 Å². The van der Waals surface area contributed by atoms with Gasteiger partial charge in [0, 0.05) is 23.9 Å². The van der Waals surface area contributed by atoms with Gasteiger partial charge in [-0.15, -0.1) is 0 Å². The summed E-state index contributed by atoms with van der Waals surface area (Å²) >= 11 is 5.75. The molecule has 0 bridgehead atoms. The minimum absolute atomic E-state index is 0.0559. The Bertz CT molecular complexity index is 473. The topological polar surface area (TPSA) is 66.4 Å². The molecular weight excluding hydrogens is 274 g/mol. The van der Waals surface area contributed by atoms with E-state index in [0.717, 1.165) is 5.56 Å². The van der Waals surface area contributed by atoms with Crippen LogP contribution in [0.4, 0.5) is 0 Å². The number of nitrogens with one attached hydrogen (secondary N) is 1. The molecule has 2 unspecified atom stereocenters. The van der Waals surface area contributed by atoms with Gasteiger partial charge in [-0.2, -0.15) is 0 Å². The van der Waals surface area contributed by atoms with E-state index >= 15 is 0 Å². The third-order valence-corrected chi connectivity index (χ3v) is 3.82. The Kier molecular flexibility index (Phi) is 5.59. The highest BCUT2D eigenvalue weighted by Crippen LogP contribution is 2.15. The first-order valence-electron chi connectivity index (χ1n) is 5.62. The Labute approximate surface area is 113 Å². The van der Waals surface area contributed by atoms with Gasteiger partial charge in [-0.3, -0.25) is 0 Å². The monoisotopic (exact) mass is 291 g/mol. The molecule has 0 spiro atoms. The van der Waals surface area contributed by atoms with E-state index in [-0.39, 0.29) is 11.8 Å². The lowest BCUT2D eigenvalue weighted by Crippen LogP contribution is -2.35. The van der Waals surface area contributed by atoms with Crippen LogP contribution in [0.5, 0.6) is 0 Å². The summed E-state index contributed by atoms with van der Waals surface area (Å²) in [5, 5.41) is 13.5. The van der Waals surface area contributed by atoms with Crippen LogP contribution in [0.3, 0.4) is 0 Å². The van der Waals surface area contributed by atoms with E-state index < -0.39 is 15.9 Å². The maximum absolute atomic E-state index is 11.1. The van der Waals surface area contributed by atoms with Crippen LogP contribution in [0.1, 0.15) is 18.6 Å². The maximum Gasteiger partial charge on any atom is 0.148 e. The summed E-state index contributed by atoms with van der Waals surface area (Å²) < 4.78 is 22.2. The highest BCUT2D eigenvalue weighted by molar-refractivity contribution is 7.90. The maximum atomic E-state index is 11.1. The molecule has 0 saturated carbocycles. The van der Waals surface area contributed by atoms with Crippen LogP contribution in [0.2, 0.25) is 5.02 Å². The molecule has 18 heavy (non-hydrogen) atoms. The Morgan fingerprint density at radius 1 is 1.33 bits per heavy atom. The molecule has 0 aliphatic rings. The lowest BCUT2D eigenvalue weighted by molar-refractivity contribution is 0.172. The zero-order chi connectivity index (χ0) is 13.8. The van der Waals surface area contributed by atoms with Gasteiger partial charge in [-0.25, -0.2) is 8.42 Å². The summed E-state index contributed by atoms with van der Waals surface area (Å²) in [6.07, 6.45) is 0.519. The van der Waals surface area contributed by atoms with Gasteiger partial charge in [0.25, 0.3) is 0 Å². The van der Waals surface area contributed by atoms with E-state index in [4.69, 9.17) is 11.6 Å². The summed E-state index contributed by atoms with van der Waals surface area (Å²) in [6, 6.07) is 6.72. The summed E-state index contributed by atoms with van der Waals surface area (Å²) in [6.45, 7) is 2.08. The number of rotatable bonds is 6. The summed E-state index contributed by atoms with van der Waals surface area (Å²) in [7, 11) is -3.00. The van der Waals surface area contributed by atoms with Gasteiger partial charge in [-0.05, 0) is 24.6 Å². The number of halogens is 1. The highest BCUT2D eigenvalue weighted by Gasteiger charge is 2.13. The molecule has 0 aromatic heterocycles. The van der Waals surface area contributed by atoms with Crippen molar-refractivity contribution >= 4 is 21.4 Å². The third kappa shape index (κ3) is 5.82. The van der Waals surface area contributed by atoms with Crippen molar-refractivity contribution in [3.63, 3.8) is 0 Å². The minimum Gasteiger partial charge on any atom is -0.387 e. The lowest BCUT2D eigenvalue weighted by atomic mass is 10.1. The smallest absolute Gasteiger partial charge is 0.148 e. The fourth-order valence-electron chi connectivity index (χ4n) is 1.63. The van der Waals surface area contributed by atoms with Crippen LogP contribution in [-0.2, 0) is 9.84 Å². The van der Waals surface area contributed by atoms with E-state index in [9.17, 15) is 13.5 Å². The summed E-state index contributed by atoms with van der Waals surface area (Å²) in [5.74, 6) is 0.0559. The van der Waals surface area contributed by atoms with Crippen LogP contribution in [0, 0.1) is 0 Å². The van der Waals surface area contributed by atoms with E-state index in [1.54, 1.807) is 31.2 Å². The van der Waals surface area contributed by atoms with Crippen LogP contribution in [0.25, 0.3) is 0 Å². The van der Waals surface area contributed by atoms with Crippen molar-refractivity contribution in [1.29, 1.82) is 0 Å². The first-order chi connectivity index (χ1) is 8.28. The number of benzene rings is 1. The second-order valence-electron chi connectivity index (χ2n) is 4.47. The molecule has 0 fully saturated rings. The summed E-state index contributed by atoms with van der Waals surface area (Å²) in [5.41, 5.74) is 0.749. The van der Waals surface area contributed by atoms with Crippen LogP contribution in [-0.4, -0.2) is 38.1 Å². The van der Waals surface area contributed by atoms with Gasteiger partial charge in [0.2, 0.25) is 0 Å². The molecule has 2 atom stereocenters. The molecule has 1 aromatic carbocycles. The average Bonchev–Trinajstić information content (AvgIpc) is 2.24. The Hall–Kier alpha value is -0.620. The van der Waals surface area contributed by atoms with E-state index in [0.29, 0.717) is 11.6 Å². The van der Waals surface area contributed by atoms with Gasteiger partial charge < -0.3 is 10.4 Å². The average molecular weight is 292 g/mol. The van der Waals surface area contributed by atoms with Crippen LogP contribution < -0.4 is 5.32 Å². The fraction of sp³-hybridized carbons (Fsp3) is 0.500. The van der Waals surface area contributed by atoms with Gasteiger partial charge in [0.1, 0.15) is 9.84 Å².